The molecular weight excluding hydrogens is 292 g/mol. The van der Waals surface area contributed by atoms with Crippen LogP contribution in [0.15, 0.2) is 24.3 Å². The van der Waals surface area contributed by atoms with E-state index >= 15 is 0 Å². The molecule has 3 atom stereocenters. The summed E-state index contributed by atoms with van der Waals surface area (Å²) in [6.07, 6.45) is 1.90. The maximum atomic E-state index is 11.5. The average Bonchev–Trinajstić information content (AvgIpc) is 2.54. The van der Waals surface area contributed by atoms with Gasteiger partial charge in [-0.15, -0.1) is 0 Å². The van der Waals surface area contributed by atoms with Crippen LogP contribution in [0.3, 0.4) is 0 Å². The van der Waals surface area contributed by atoms with Crippen LogP contribution in [0.5, 0.6) is 5.75 Å². The fourth-order valence-corrected chi connectivity index (χ4v) is 2.85. The average molecular weight is 322 g/mol. The van der Waals surface area contributed by atoms with E-state index in [2.05, 4.69) is 13.8 Å². The van der Waals surface area contributed by atoms with Gasteiger partial charge in [-0.2, -0.15) is 0 Å². The molecule has 1 rings (SSSR count). The number of esters is 1. The van der Waals surface area contributed by atoms with E-state index in [1.165, 1.54) is 7.11 Å². The monoisotopic (exact) mass is 322 g/mol. The molecule has 0 saturated heterocycles. The molecular formula is C19H30O4. The van der Waals surface area contributed by atoms with Crippen LogP contribution in [0.4, 0.5) is 0 Å². The molecule has 0 aliphatic heterocycles. The quantitative estimate of drug-likeness (QED) is 0.609. The number of carbonyl (C=O) groups is 1. The van der Waals surface area contributed by atoms with Crippen molar-refractivity contribution < 1.29 is 19.0 Å². The molecule has 0 aliphatic rings. The number of ether oxygens (including phenoxy) is 3. The summed E-state index contributed by atoms with van der Waals surface area (Å²) in [7, 11) is 3.11. The summed E-state index contributed by atoms with van der Waals surface area (Å²) < 4.78 is 15.7. The molecule has 4 nitrogen and oxygen atoms in total. The van der Waals surface area contributed by atoms with Crippen LogP contribution < -0.4 is 4.74 Å². The summed E-state index contributed by atoms with van der Waals surface area (Å²) in [6, 6.07) is 7.92. The first-order valence-electron chi connectivity index (χ1n) is 8.24. The van der Waals surface area contributed by atoms with Crippen molar-refractivity contribution >= 4 is 5.97 Å². The maximum absolute atomic E-state index is 11.5. The van der Waals surface area contributed by atoms with Gasteiger partial charge in [-0.25, -0.2) is 0 Å². The SMILES string of the molecule is COC(=O)[C@H](C)C[C@H](C)C[C@H](C)COCc1ccc(OC)cc1. The lowest BCUT2D eigenvalue weighted by atomic mass is 9.90. The number of carbonyl (C=O) groups excluding carboxylic acids is 1. The zero-order valence-corrected chi connectivity index (χ0v) is 15.0. The second-order valence-electron chi connectivity index (χ2n) is 6.47. The Morgan fingerprint density at radius 2 is 1.65 bits per heavy atom. The summed E-state index contributed by atoms with van der Waals surface area (Å²) in [5.41, 5.74) is 1.14. The van der Waals surface area contributed by atoms with Crippen molar-refractivity contribution in [2.24, 2.45) is 17.8 Å². The van der Waals surface area contributed by atoms with Gasteiger partial charge in [-0.3, -0.25) is 4.79 Å². The van der Waals surface area contributed by atoms with Crippen LogP contribution in [0.25, 0.3) is 0 Å². The molecule has 23 heavy (non-hydrogen) atoms. The Kier molecular flexibility index (Phi) is 8.70. The van der Waals surface area contributed by atoms with Crippen molar-refractivity contribution in [1.29, 1.82) is 0 Å². The second kappa shape index (κ2) is 10.3. The third kappa shape index (κ3) is 7.51. The van der Waals surface area contributed by atoms with Crippen LogP contribution in [-0.4, -0.2) is 26.8 Å². The third-order valence-electron chi connectivity index (χ3n) is 3.99. The number of hydrogen-bond acceptors (Lipinski definition) is 4. The molecule has 4 heteroatoms. The van der Waals surface area contributed by atoms with Crippen LogP contribution in [0.1, 0.15) is 39.2 Å². The van der Waals surface area contributed by atoms with E-state index < -0.39 is 0 Å². The van der Waals surface area contributed by atoms with Crippen molar-refractivity contribution in [3.8, 4) is 5.75 Å². The standard InChI is InChI=1S/C19H30O4/c1-14(11-16(3)19(20)22-5)10-15(2)12-23-13-17-6-8-18(21-4)9-7-17/h6-9,14-16H,10-13H2,1-5H3/t14-,15+,16-/m1/s1. The van der Waals surface area contributed by atoms with Crippen LogP contribution >= 0.6 is 0 Å². The van der Waals surface area contributed by atoms with Gasteiger partial charge < -0.3 is 14.2 Å². The third-order valence-corrected chi connectivity index (χ3v) is 3.99. The van der Waals surface area contributed by atoms with Gasteiger partial charge in [-0.05, 0) is 42.4 Å². The predicted octanol–water partition coefficient (Wildman–Crippen LogP) is 4.07. The van der Waals surface area contributed by atoms with Crippen LogP contribution in [0.2, 0.25) is 0 Å². The van der Waals surface area contributed by atoms with Crippen LogP contribution in [0, 0.1) is 17.8 Å². The normalized spacial score (nSPS) is 14.8. The van der Waals surface area contributed by atoms with E-state index in [0.717, 1.165) is 30.8 Å². The fourth-order valence-electron chi connectivity index (χ4n) is 2.85. The minimum atomic E-state index is -0.125. The van der Waals surface area contributed by atoms with Gasteiger partial charge in [0.15, 0.2) is 0 Å². The zero-order valence-electron chi connectivity index (χ0n) is 15.0. The van der Waals surface area contributed by atoms with E-state index in [9.17, 15) is 4.79 Å². The molecule has 130 valence electrons. The first-order valence-corrected chi connectivity index (χ1v) is 8.24. The Morgan fingerprint density at radius 1 is 1.00 bits per heavy atom. The Bertz CT molecular complexity index is 455. The molecule has 0 fully saturated rings. The second-order valence-corrected chi connectivity index (χ2v) is 6.47. The largest absolute Gasteiger partial charge is 0.497 e. The first kappa shape index (κ1) is 19.5. The summed E-state index contributed by atoms with van der Waals surface area (Å²) in [5.74, 6) is 1.63. The number of methoxy groups -OCH3 is 2. The Balaban J connectivity index is 2.25. The van der Waals surface area contributed by atoms with E-state index in [1.54, 1.807) is 7.11 Å². The van der Waals surface area contributed by atoms with Crippen molar-refractivity contribution in [2.75, 3.05) is 20.8 Å². The number of benzene rings is 1. The van der Waals surface area contributed by atoms with Gasteiger partial charge >= 0.3 is 5.97 Å². The summed E-state index contributed by atoms with van der Waals surface area (Å²) in [4.78, 5) is 11.5. The Labute approximate surface area is 140 Å². The first-order chi connectivity index (χ1) is 11.0. The molecule has 0 heterocycles. The highest BCUT2D eigenvalue weighted by Gasteiger charge is 2.18. The van der Waals surface area contributed by atoms with Crippen molar-refractivity contribution in [3.05, 3.63) is 29.8 Å². The van der Waals surface area contributed by atoms with E-state index in [4.69, 9.17) is 14.2 Å². The number of hydrogen-bond donors (Lipinski definition) is 0. The van der Waals surface area contributed by atoms with Gasteiger partial charge in [0.2, 0.25) is 0 Å². The fraction of sp³-hybridized carbons (Fsp3) is 0.632. The zero-order chi connectivity index (χ0) is 17.2. The van der Waals surface area contributed by atoms with E-state index in [1.807, 2.05) is 31.2 Å². The lowest BCUT2D eigenvalue weighted by molar-refractivity contribution is -0.145. The van der Waals surface area contributed by atoms with Gasteiger partial charge in [0, 0.05) is 6.61 Å². The Hall–Kier alpha value is -1.55. The summed E-state index contributed by atoms with van der Waals surface area (Å²) in [6.45, 7) is 7.63. The number of rotatable bonds is 10. The van der Waals surface area contributed by atoms with Crippen molar-refractivity contribution in [2.45, 2.75) is 40.2 Å². The van der Waals surface area contributed by atoms with Gasteiger partial charge in [0.05, 0.1) is 26.7 Å². The molecule has 0 saturated carbocycles. The molecule has 0 amide bonds. The van der Waals surface area contributed by atoms with Crippen LogP contribution in [-0.2, 0) is 20.9 Å². The van der Waals surface area contributed by atoms with Gasteiger partial charge in [-0.1, -0.05) is 32.9 Å². The van der Waals surface area contributed by atoms with Gasteiger partial charge in [0.25, 0.3) is 0 Å². The highest BCUT2D eigenvalue weighted by Crippen LogP contribution is 2.21. The molecule has 0 unspecified atom stereocenters. The lowest BCUT2D eigenvalue weighted by Crippen LogP contribution is -2.18. The molecule has 1 aromatic carbocycles. The smallest absolute Gasteiger partial charge is 0.308 e. The molecule has 0 spiro atoms. The highest BCUT2D eigenvalue weighted by molar-refractivity contribution is 5.71. The van der Waals surface area contributed by atoms with Crippen molar-refractivity contribution in [1.82, 2.24) is 0 Å². The highest BCUT2D eigenvalue weighted by atomic mass is 16.5. The molecule has 0 bridgehead atoms. The van der Waals surface area contributed by atoms with Crippen molar-refractivity contribution in [3.63, 3.8) is 0 Å². The van der Waals surface area contributed by atoms with Gasteiger partial charge in [0.1, 0.15) is 5.75 Å². The minimum absolute atomic E-state index is 0.0394. The topological polar surface area (TPSA) is 44.8 Å². The predicted molar refractivity (Wildman–Crippen MR) is 91.4 cm³/mol. The molecule has 0 N–H and O–H groups in total. The van der Waals surface area contributed by atoms with E-state index in [-0.39, 0.29) is 11.9 Å². The summed E-state index contributed by atoms with van der Waals surface area (Å²) in [5, 5.41) is 0. The minimum Gasteiger partial charge on any atom is -0.497 e. The lowest BCUT2D eigenvalue weighted by Gasteiger charge is -2.19. The molecule has 0 aliphatic carbocycles. The summed E-state index contributed by atoms with van der Waals surface area (Å²) >= 11 is 0. The Morgan fingerprint density at radius 3 is 2.22 bits per heavy atom. The van der Waals surface area contributed by atoms with E-state index in [0.29, 0.717) is 18.4 Å². The molecule has 0 aromatic heterocycles. The molecule has 1 aromatic rings. The maximum Gasteiger partial charge on any atom is 0.308 e. The molecule has 0 radical (unpaired) electrons.